The number of carbonyl (C=O) groups excluding carboxylic acids is 1. The maximum absolute atomic E-state index is 12.1. The molecule has 1 aromatic rings. The molecule has 4 heteroatoms. The molecule has 0 amide bonds. The number of methoxy groups -OCH3 is 1. The predicted octanol–water partition coefficient (Wildman–Crippen LogP) is 3.24. The van der Waals surface area contributed by atoms with Gasteiger partial charge in [-0.25, -0.2) is 4.98 Å². The molecule has 0 radical (unpaired) electrons. The zero-order chi connectivity index (χ0) is 13.3. The lowest BCUT2D eigenvalue weighted by Crippen LogP contribution is -2.43. The second-order valence-corrected chi connectivity index (χ2v) is 6.63. The van der Waals surface area contributed by atoms with Gasteiger partial charge in [-0.3, -0.25) is 4.79 Å². The van der Waals surface area contributed by atoms with Gasteiger partial charge in [0.25, 0.3) is 0 Å². The van der Waals surface area contributed by atoms with E-state index in [1.807, 2.05) is 6.92 Å². The van der Waals surface area contributed by atoms with E-state index in [1.165, 1.54) is 7.11 Å². The van der Waals surface area contributed by atoms with E-state index < -0.39 is 0 Å². The molecule has 1 saturated carbocycles. The Hall–Kier alpha value is -0.900. The van der Waals surface area contributed by atoms with E-state index in [-0.39, 0.29) is 11.4 Å². The van der Waals surface area contributed by atoms with Gasteiger partial charge in [0, 0.05) is 11.3 Å². The summed E-state index contributed by atoms with van der Waals surface area (Å²) in [7, 11) is 1.48. The average molecular weight is 267 g/mol. The van der Waals surface area contributed by atoms with Crippen LogP contribution in [-0.2, 0) is 21.4 Å². The van der Waals surface area contributed by atoms with Gasteiger partial charge >= 0.3 is 5.97 Å². The average Bonchev–Trinajstić information content (AvgIpc) is 2.57. The highest BCUT2D eigenvalue weighted by Gasteiger charge is 2.49. The molecule has 0 saturated heterocycles. The van der Waals surface area contributed by atoms with E-state index >= 15 is 0 Å². The molecule has 2 rings (SSSR count). The first-order valence-corrected chi connectivity index (χ1v) is 7.36. The minimum atomic E-state index is -0.383. The quantitative estimate of drug-likeness (QED) is 0.786. The number of aromatic nitrogens is 1. The standard InChI is InChI=1S/C14H21NO2S/c1-9(2)8-11-15-10(3)12(18-11)14(6-5-7-14)13(16)17-4/h9H,5-8H2,1-4H3. The molecule has 0 atom stereocenters. The number of thiazole rings is 1. The van der Waals surface area contributed by atoms with E-state index in [1.54, 1.807) is 11.3 Å². The van der Waals surface area contributed by atoms with E-state index in [9.17, 15) is 4.79 Å². The van der Waals surface area contributed by atoms with Gasteiger partial charge in [-0.15, -0.1) is 11.3 Å². The van der Waals surface area contributed by atoms with Crippen molar-refractivity contribution in [3.8, 4) is 0 Å². The Balaban J connectivity index is 2.32. The summed E-state index contributed by atoms with van der Waals surface area (Å²) in [6.07, 6.45) is 3.91. The van der Waals surface area contributed by atoms with Crippen molar-refractivity contribution in [3.63, 3.8) is 0 Å². The lowest BCUT2D eigenvalue weighted by Gasteiger charge is -2.38. The first kappa shape index (κ1) is 13.5. The predicted molar refractivity (Wildman–Crippen MR) is 72.9 cm³/mol. The Morgan fingerprint density at radius 3 is 2.61 bits per heavy atom. The van der Waals surface area contributed by atoms with Crippen molar-refractivity contribution in [1.82, 2.24) is 4.98 Å². The number of aryl methyl sites for hydroxylation is 1. The Labute approximate surface area is 113 Å². The summed E-state index contributed by atoms with van der Waals surface area (Å²) in [6, 6.07) is 0. The van der Waals surface area contributed by atoms with Gasteiger partial charge in [0.05, 0.1) is 17.8 Å². The van der Waals surface area contributed by atoms with E-state index in [0.717, 1.165) is 41.3 Å². The fourth-order valence-corrected chi connectivity index (χ4v) is 4.09. The van der Waals surface area contributed by atoms with Crippen LogP contribution in [0, 0.1) is 12.8 Å². The third-order valence-electron chi connectivity index (χ3n) is 3.64. The number of ether oxygens (including phenoxy) is 1. The monoisotopic (exact) mass is 267 g/mol. The molecule has 1 aliphatic rings. The summed E-state index contributed by atoms with van der Waals surface area (Å²) in [6.45, 7) is 6.39. The van der Waals surface area contributed by atoms with Crippen molar-refractivity contribution in [2.24, 2.45) is 5.92 Å². The molecule has 1 heterocycles. The molecular weight excluding hydrogens is 246 g/mol. The summed E-state index contributed by atoms with van der Waals surface area (Å²) in [5.74, 6) is 0.510. The van der Waals surface area contributed by atoms with Crippen molar-refractivity contribution < 1.29 is 9.53 Å². The third kappa shape index (κ3) is 2.18. The van der Waals surface area contributed by atoms with Gasteiger partial charge in [0.2, 0.25) is 0 Å². The first-order valence-electron chi connectivity index (χ1n) is 6.55. The normalized spacial score (nSPS) is 17.6. The molecule has 0 spiro atoms. The summed E-state index contributed by atoms with van der Waals surface area (Å²) in [4.78, 5) is 17.8. The molecule has 100 valence electrons. The van der Waals surface area contributed by atoms with Crippen molar-refractivity contribution in [2.45, 2.75) is 51.9 Å². The van der Waals surface area contributed by atoms with Crippen molar-refractivity contribution >= 4 is 17.3 Å². The first-order chi connectivity index (χ1) is 8.49. The zero-order valence-electron chi connectivity index (χ0n) is 11.6. The maximum Gasteiger partial charge on any atom is 0.317 e. The molecule has 0 bridgehead atoms. The number of rotatable bonds is 4. The van der Waals surface area contributed by atoms with Crippen LogP contribution in [0.1, 0.15) is 48.7 Å². The van der Waals surface area contributed by atoms with E-state index in [4.69, 9.17) is 4.74 Å². The van der Waals surface area contributed by atoms with Crippen LogP contribution in [0.15, 0.2) is 0 Å². The van der Waals surface area contributed by atoms with Crippen molar-refractivity contribution in [3.05, 3.63) is 15.6 Å². The maximum atomic E-state index is 12.1. The van der Waals surface area contributed by atoms with Gasteiger partial charge < -0.3 is 4.74 Å². The second kappa shape index (κ2) is 5.00. The van der Waals surface area contributed by atoms with Crippen molar-refractivity contribution in [2.75, 3.05) is 7.11 Å². The van der Waals surface area contributed by atoms with E-state index in [2.05, 4.69) is 18.8 Å². The van der Waals surface area contributed by atoms with Crippen molar-refractivity contribution in [1.29, 1.82) is 0 Å². The number of hydrogen-bond donors (Lipinski definition) is 0. The van der Waals surface area contributed by atoms with Gasteiger partial charge in [0.1, 0.15) is 5.41 Å². The molecule has 0 N–H and O–H groups in total. The highest BCUT2D eigenvalue weighted by molar-refractivity contribution is 7.12. The minimum Gasteiger partial charge on any atom is -0.468 e. The topological polar surface area (TPSA) is 39.2 Å². The third-order valence-corrected chi connectivity index (χ3v) is 5.03. The van der Waals surface area contributed by atoms with Gasteiger partial charge in [-0.05, 0) is 25.7 Å². The molecule has 3 nitrogen and oxygen atoms in total. The highest BCUT2D eigenvalue weighted by Crippen LogP contribution is 2.48. The number of nitrogens with zero attached hydrogens (tertiary/aromatic N) is 1. The Morgan fingerprint density at radius 2 is 2.17 bits per heavy atom. The second-order valence-electron chi connectivity index (χ2n) is 5.55. The Kier molecular flexibility index (Phi) is 3.76. The van der Waals surface area contributed by atoms with Crippen LogP contribution in [0.25, 0.3) is 0 Å². The highest BCUT2D eigenvalue weighted by atomic mass is 32.1. The summed E-state index contributed by atoms with van der Waals surface area (Å²) < 4.78 is 5.00. The molecule has 1 aromatic heterocycles. The number of esters is 1. The van der Waals surface area contributed by atoms with Crippen LogP contribution in [0.5, 0.6) is 0 Å². The Bertz CT molecular complexity index is 447. The molecule has 0 aliphatic heterocycles. The molecule has 0 unspecified atom stereocenters. The van der Waals surface area contributed by atoms with Crippen LogP contribution in [0.2, 0.25) is 0 Å². The zero-order valence-corrected chi connectivity index (χ0v) is 12.4. The number of carbonyl (C=O) groups is 1. The Morgan fingerprint density at radius 1 is 1.50 bits per heavy atom. The SMILES string of the molecule is COC(=O)C1(c2sc(CC(C)C)nc2C)CCC1. The molecular formula is C14H21NO2S. The fraction of sp³-hybridized carbons (Fsp3) is 0.714. The van der Waals surface area contributed by atoms with Crippen LogP contribution in [-0.4, -0.2) is 18.1 Å². The van der Waals surface area contributed by atoms with Crippen LogP contribution < -0.4 is 0 Å². The summed E-state index contributed by atoms with van der Waals surface area (Å²) >= 11 is 1.70. The number of hydrogen-bond acceptors (Lipinski definition) is 4. The van der Waals surface area contributed by atoms with Gasteiger partial charge in [-0.2, -0.15) is 0 Å². The largest absolute Gasteiger partial charge is 0.468 e. The van der Waals surface area contributed by atoms with Crippen LogP contribution in [0.4, 0.5) is 0 Å². The molecule has 1 fully saturated rings. The summed E-state index contributed by atoms with van der Waals surface area (Å²) in [5.41, 5.74) is 0.631. The molecule has 1 aliphatic carbocycles. The van der Waals surface area contributed by atoms with Crippen LogP contribution >= 0.6 is 11.3 Å². The smallest absolute Gasteiger partial charge is 0.317 e. The molecule has 18 heavy (non-hydrogen) atoms. The lowest BCUT2D eigenvalue weighted by molar-refractivity contribution is -0.151. The molecule has 0 aromatic carbocycles. The van der Waals surface area contributed by atoms with Crippen LogP contribution in [0.3, 0.4) is 0 Å². The lowest BCUT2D eigenvalue weighted by atomic mass is 9.67. The van der Waals surface area contributed by atoms with E-state index in [0.29, 0.717) is 5.92 Å². The fourth-order valence-electron chi connectivity index (χ4n) is 2.58. The summed E-state index contributed by atoms with van der Waals surface area (Å²) in [5, 5.41) is 1.15. The minimum absolute atomic E-state index is 0.0865. The van der Waals surface area contributed by atoms with Gasteiger partial charge in [-0.1, -0.05) is 20.3 Å². The van der Waals surface area contributed by atoms with Gasteiger partial charge in [0.15, 0.2) is 0 Å².